The summed E-state index contributed by atoms with van der Waals surface area (Å²) in [6.07, 6.45) is 0. The zero-order valence-corrected chi connectivity index (χ0v) is 18.0. The molecule has 0 aromatic carbocycles. The van der Waals surface area contributed by atoms with Crippen molar-refractivity contribution in [3.63, 3.8) is 0 Å². The Morgan fingerprint density at radius 1 is 0.556 bits per heavy atom. The normalized spacial score (nSPS) is 9.83. The van der Waals surface area contributed by atoms with Crippen molar-refractivity contribution in [3.05, 3.63) is 0 Å². The van der Waals surface area contributed by atoms with Crippen LogP contribution in [0, 0.1) is 0 Å². The maximum atomic E-state index is 9.16. The number of hydrogen-bond acceptors (Lipinski definition) is 9. The van der Waals surface area contributed by atoms with Gasteiger partial charge < -0.3 is 0 Å². The molecule has 0 aromatic heterocycles. The zero-order valence-electron chi connectivity index (χ0n) is 9.08. The summed E-state index contributed by atoms with van der Waals surface area (Å²) in [7, 11) is 0. The third-order valence-electron chi connectivity index (χ3n) is 0. The number of hydrogen-bond donors (Lipinski definition) is 0. The Morgan fingerprint density at radius 2 is 0.556 bits per heavy atom. The molecule has 0 saturated heterocycles. The maximum absolute atomic E-state index is 9.16. The van der Waals surface area contributed by atoms with Crippen LogP contribution in [-0.4, -0.2) is 42.5 Å². The van der Waals surface area contributed by atoms with Crippen LogP contribution in [0.4, 0.5) is 0 Å². The molecule has 0 spiro atoms. The predicted octanol–water partition coefficient (Wildman–Crippen LogP) is -6.89. The van der Waals surface area contributed by atoms with Crippen LogP contribution in [0.1, 0.15) is 0 Å². The Balaban J connectivity index is -0.0000000277. The van der Waals surface area contributed by atoms with E-state index in [0.717, 1.165) is 0 Å². The molecule has 0 heterocycles. The molecule has 2 radical (unpaired) electrons. The van der Waals surface area contributed by atoms with Crippen molar-refractivity contribution in [2.75, 3.05) is 0 Å². The minimum Gasteiger partial charge on any atom is 0 e. The van der Waals surface area contributed by atoms with Crippen molar-refractivity contribution in [3.8, 4) is 0 Å². The molecule has 0 fully saturated rings. The van der Waals surface area contributed by atoms with E-state index in [1.807, 2.05) is 0 Å². The summed E-state index contributed by atoms with van der Waals surface area (Å²) in [5.41, 5.74) is 2.08. The minimum atomic E-state index is -4.62. The molecule has 114 valence electrons. The first kappa shape index (κ1) is 37.0. The van der Waals surface area contributed by atoms with Crippen LogP contribution in [0.5, 0.6) is 0 Å². The Morgan fingerprint density at radius 3 is 0.556 bits per heavy atom. The molecule has 0 amide bonds. The van der Waals surface area contributed by atoms with E-state index >= 15 is 0 Å². The van der Waals surface area contributed by atoms with E-state index in [2.05, 4.69) is 0 Å². The van der Waals surface area contributed by atoms with Gasteiger partial charge in [0.25, 0.3) is 0 Å². The van der Waals surface area contributed by atoms with E-state index in [0.29, 0.717) is 17.1 Å². The molecule has 0 aliphatic rings. The molecule has 18 heavy (non-hydrogen) atoms. The van der Waals surface area contributed by atoms with Crippen molar-refractivity contribution >= 4 is 42.5 Å². The van der Waals surface area contributed by atoms with Gasteiger partial charge in [-0.15, -0.1) is 0 Å². The summed E-state index contributed by atoms with van der Waals surface area (Å²) in [5, 5.41) is 0. The summed E-state index contributed by atoms with van der Waals surface area (Å²) < 4.78 is 82.5. The van der Waals surface area contributed by atoms with E-state index in [9.17, 15) is 0 Å². The molecule has 0 N–H and O–H groups in total. The molecule has 0 rings (SSSR count). The fraction of sp³-hybridized carbons (Fsp3) is 1.00. The van der Waals surface area contributed by atoms with E-state index in [1.165, 1.54) is 0 Å². The molecule has 0 aliphatic heterocycles. The SMILES string of the molecule is C[As](=O)([O-])[O-].C[As](=O)([O-])[O-].C[As](=O)([O-])[O-].[Fe+3].[Fe+3].[Fe]. The summed E-state index contributed by atoms with van der Waals surface area (Å²) in [6, 6.07) is 0. The Kier molecular flexibility index (Phi) is 32.4. The van der Waals surface area contributed by atoms with Crippen molar-refractivity contribution in [1.29, 1.82) is 0 Å². The van der Waals surface area contributed by atoms with Crippen molar-refractivity contribution < 1.29 is 87.0 Å². The maximum Gasteiger partial charge on any atom is 3.00 e. The summed E-state index contributed by atoms with van der Waals surface area (Å²) in [6.45, 7) is 0. The summed E-state index contributed by atoms with van der Waals surface area (Å²) >= 11 is -13.9. The number of rotatable bonds is 0. The molecule has 0 bridgehead atoms. The van der Waals surface area contributed by atoms with Crippen LogP contribution < -0.4 is 24.6 Å². The average molecular weight is 581 g/mol. The second-order valence-corrected chi connectivity index (χ2v) is 12.0. The van der Waals surface area contributed by atoms with Crippen LogP contribution >= 0.6 is 0 Å². The van der Waals surface area contributed by atoms with Crippen molar-refractivity contribution in [1.82, 2.24) is 0 Å². The Hall–Kier alpha value is 2.39. The molecule has 0 atom stereocenters. The first-order valence-electron chi connectivity index (χ1n) is 2.98. The Bertz CT molecular complexity index is 218. The molecular weight excluding hydrogens is 572 g/mol. The fourth-order valence-electron chi connectivity index (χ4n) is 0. The predicted molar refractivity (Wildman–Crippen MR) is 36.9 cm³/mol. The molecule has 9 nitrogen and oxygen atoms in total. The first-order valence-corrected chi connectivity index (χ1v) is 15.5. The van der Waals surface area contributed by atoms with E-state index in [1.54, 1.807) is 0 Å². The molecule has 0 aromatic rings. The first-order chi connectivity index (χ1) is 6.00. The van der Waals surface area contributed by atoms with E-state index < -0.39 is 42.5 Å². The topological polar surface area (TPSA) is 190 Å². The van der Waals surface area contributed by atoms with Gasteiger partial charge in [-0.25, -0.2) is 0 Å². The van der Waals surface area contributed by atoms with Gasteiger partial charge in [-0.2, -0.15) is 0 Å². The van der Waals surface area contributed by atoms with Crippen LogP contribution in [0.15, 0.2) is 0 Å². The summed E-state index contributed by atoms with van der Waals surface area (Å²) in [4.78, 5) is 0. The van der Waals surface area contributed by atoms with Gasteiger partial charge >= 0.3 is 130 Å². The smallest absolute Gasteiger partial charge is 0 e. The van der Waals surface area contributed by atoms with Gasteiger partial charge in [-0.05, 0) is 0 Å². The van der Waals surface area contributed by atoms with Gasteiger partial charge in [0.15, 0.2) is 0 Å². The third kappa shape index (κ3) is 971. The standard InChI is InChI=1S/3CH5AsO3.3Fe/c3*1-2(3,4)5;;;/h3*1H3,(H2,3,4,5);;;/q;;;;2*+3/p-6. The van der Waals surface area contributed by atoms with Gasteiger partial charge in [0, 0.05) is 17.1 Å². The second kappa shape index (κ2) is 15.8. The molecule has 0 aliphatic carbocycles. The van der Waals surface area contributed by atoms with Crippen LogP contribution in [0.25, 0.3) is 0 Å². The van der Waals surface area contributed by atoms with Gasteiger partial charge in [0.2, 0.25) is 0 Å². The molecule has 15 heteroatoms. The van der Waals surface area contributed by atoms with Gasteiger partial charge in [0.05, 0.1) is 0 Å². The average Bonchev–Trinajstić information content (AvgIpc) is 1.41. The minimum absolute atomic E-state index is 0. The summed E-state index contributed by atoms with van der Waals surface area (Å²) in [5.74, 6) is 0. The molecule has 0 unspecified atom stereocenters. The van der Waals surface area contributed by atoms with Gasteiger partial charge in [-0.3, -0.25) is 0 Å². The van der Waals surface area contributed by atoms with Crippen molar-refractivity contribution in [2.45, 2.75) is 17.1 Å². The van der Waals surface area contributed by atoms with Gasteiger partial charge in [0.1, 0.15) is 0 Å². The van der Waals surface area contributed by atoms with Crippen LogP contribution in [-0.2, 0) is 62.4 Å². The van der Waals surface area contributed by atoms with E-state index in [4.69, 9.17) is 35.8 Å². The fourth-order valence-corrected chi connectivity index (χ4v) is 0. The molecular formula is C3H9As3Fe3O9. The van der Waals surface area contributed by atoms with E-state index in [-0.39, 0.29) is 51.2 Å². The van der Waals surface area contributed by atoms with Crippen molar-refractivity contribution in [2.24, 2.45) is 0 Å². The van der Waals surface area contributed by atoms with Crippen LogP contribution in [0.2, 0.25) is 17.1 Å². The van der Waals surface area contributed by atoms with Gasteiger partial charge in [-0.1, -0.05) is 0 Å². The molecule has 0 saturated carbocycles. The zero-order chi connectivity index (χ0) is 13.5. The van der Waals surface area contributed by atoms with Crippen LogP contribution in [0.3, 0.4) is 0 Å². The monoisotopic (exact) mass is 582 g/mol. The Labute approximate surface area is 145 Å². The second-order valence-electron chi connectivity index (χ2n) is 2.31. The largest absolute Gasteiger partial charge is 3.00 e. The quantitative estimate of drug-likeness (QED) is 0.250. The third-order valence-corrected chi connectivity index (χ3v) is 0.